The summed E-state index contributed by atoms with van der Waals surface area (Å²) in [6.07, 6.45) is 1.96. The van der Waals surface area contributed by atoms with Crippen LogP contribution in [0.25, 0.3) is 5.31 Å². The molecule has 2 rings (SSSR count). The molecule has 0 unspecified atom stereocenters. The predicted molar refractivity (Wildman–Crippen MR) is 50.4 cm³/mol. The lowest BCUT2D eigenvalue weighted by atomic mass is 10.2. The molecule has 3 heteroatoms. The van der Waals surface area contributed by atoms with Crippen molar-refractivity contribution in [1.29, 1.82) is 0 Å². The quantitative estimate of drug-likeness (QED) is 0.585. The highest BCUT2D eigenvalue weighted by molar-refractivity contribution is 7.89. The highest BCUT2D eigenvalue weighted by atomic mass is 31.7. The second kappa shape index (κ2) is 3.17. The Morgan fingerprint density at radius 2 is 1.91 bits per heavy atom. The van der Waals surface area contributed by atoms with Gasteiger partial charge in [0.25, 0.3) is 0 Å². The van der Waals surface area contributed by atoms with E-state index in [1.807, 2.05) is 12.3 Å². The van der Waals surface area contributed by atoms with E-state index in [0.717, 1.165) is 8.02 Å². The summed E-state index contributed by atoms with van der Waals surface area (Å²) in [6.45, 7) is 0. The summed E-state index contributed by atoms with van der Waals surface area (Å²) in [4.78, 5) is 0. The molecular weight excluding hydrogens is 172 g/mol. The van der Waals surface area contributed by atoms with Gasteiger partial charge in [-0.3, -0.25) is 0 Å². The lowest BCUT2D eigenvalue weighted by Gasteiger charge is -1.94. The Bertz CT molecular complexity index is 303. The fraction of sp³-hybridized carbons (Fsp3) is 0. The van der Waals surface area contributed by atoms with Crippen LogP contribution in [0, 0.1) is 0 Å². The van der Waals surface area contributed by atoms with Gasteiger partial charge in [0, 0.05) is 11.5 Å². The summed E-state index contributed by atoms with van der Waals surface area (Å²) >= 11 is 0. The van der Waals surface area contributed by atoms with Gasteiger partial charge in [-0.2, -0.15) is 0 Å². The van der Waals surface area contributed by atoms with Crippen LogP contribution in [-0.2, 0) is 0 Å². The number of hydrogen-bond donors (Lipinski definition) is 0. The minimum absolute atomic E-state index is 1.15. The molecule has 53 valence electrons. The Morgan fingerprint density at radius 3 is 2.55 bits per heavy atom. The maximum atomic E-state index is 4.14. The molecule has 1 aromatic rings. The molecular formula is C8H6NP2. The molecule has 1 nitrogen and oxygen atoms in total. The first-order valence-electron chi connectivity index (χ1n) is 3.33. The third kappa shape index (κ3) is 1.50. The second-order valence-electron chi connectivity index (χ2n) is 2.19. The molecule has 0 saturated carbocycles. The Morgan fingerprint density at radius 1 is 1.09 bits per heavy atom. The summed E-state index contributed by atoms with van der Waals surface area (Å²) in [5, 5.41) is 5.47. The average molecular weight is 178 g/mol. The van der Waals surface area contributed by atoms with Crippen LogP contribution >= 0.6 is 15.9 Å². The van der Waals surface area contributed by atoms with E-state index in [9.17, 15) is 0 Å². The average Bonchev–Trinajstić information content (AvgIpc) is 2.58. The number of hydrogen-bond acceptors (Lipinski definition) is 0. The van der Waals surface area contributed by atoms with Gasteiger partial charge in [-0.15, -0.1) is 0 Å². The van der Waals surface area contributed by atoms with Crippen molar-refractivity contribution < 1.29 is 0 Å². The van der Waals surface area contributed by atoms with Crippen LogP contribution in [0.2, 0.25) is 0 Å². The van der Waals surface area contributed by atoms with Gasteiger partial charge in [0.05, 0.1) is 8.02 Å². The van der Waals surface area contributed by atoms with Gasteiger partial charge in [0.2, 0.25) is 0 Å². The van der Waals surface area contributed by atoms with E-state index in [1.165, 1.54) is 18.7 Å². The topological polar surface area (TPSA) is 14.1 Å². The predicted octanol–water partition coefficient (Wildman–Crippen LogP) is 3.33. The molecule has 1 radical (unpaired) electrons. The zero-order valence-electron chi connectivity index (χ0n) is 5.81. The molecule has 0 N–H and O–H groups in total. The second-order valence-corrected chi connectivity index (χ2v) is 4.41. The van der Waals surface area contributed by atoms with Crippen molar-refractivity contribution in [1.82, 2.24) is 5.09 Å². The van der Waals surface area contributed by atoms with Crippen LogP contribution < -0.4 is 5.09 Å². The van der Waals surface area contributed by atoms with E-state index in [-0.39, 0.29) is 0 Å². The summed E-state index contributed by atoms with van der Waals surface area (Å²) in [7, 11) is 2.45. The van der Waals surface area contributed by atoms with Gasteiger partial charge < -0.3 is 0 Å². The molecule has 0 aromatic heterocycles. The minimum atomic E-state index is 1.15. The lowest BCUT2D eigenvalue weighted by molar-refractivity contribution is 1.41. The molecule has 0 amide bonds. The fourth-order valence-electron chi connectivity index (χ4n) is 0.922. The van der Waals surface area contributed by atoms with Crippen LogP contribution in [0.5, 0.6) is 0 Å². The third-order valence-electron chi connectivity index (χ3n) is 1.45. The molecule has 0 aliphatic carbocycles. The highest BCUT2D eigenvalue weighted by Crippen LogP contribution is 2.37. The molecule has 11 heavy (non-hydrogen) atoms. The normalized spacial score (nSPS) is 17.3. The molecule has 0 saturated heterocycles. The number of nitrogens with zero attached hydrogens (tertiary/aromatic N) is 1. The lowest BCUT2D eigenvalue weighted by Crippen LogP contribution is -1.74. The summed E-state index contributed by atoms with van der Waals surface area (Å²) in [6, 6.07) is 10.4. The van der Waals surface area contributed by atoms with Gasteiger partial charge in [-0.05, 0) is 13.4 Å². The standard InChI is InChI=1S/C8H6NP2/c1-2-4-7(5-3-1)8-6-9-11-10-8/h1-6H. The third-order valence-corrected chi connectivity index (χ3v) is 3.58. The van der Waals surface area contributed by atoms with Crippen molar-refractivity contribution >= 4 is 21.2 Å². The van der Waals surface area contributed by atoms with Crippen LogP contribution in [0.15, 0.2) is 36.5 Å². The van der Waals surface area contributed by atoms with Crippen LogP contribution in [-0.4, -0.2) is 0 Å². The van der Waals surface area contributed by atoms with Crippen LogP contribution in [0.4, 0.5) is 0 Å². The molecule has 0 atom stereocenters. The maximum absolute atomic E-state index is 4.14. The van der Waals surface area contributed by atoms with E-state index in [4.69, 9.17) is 0 Å². The van der Waals surface area contributed by atoms with Crippen molar-refractivity contribution in [3.8, 4) is 0 Å². The zero-order chi connectivity index (χ0) is 7.52. The summed E-state index contributed by atoms with van der Waals surface area (Å²) in [5.74, 6) is 0. The monoisotopic (exact) mass is 178 g/mol. The number of rotatable bonds is 1. The van der Waals surface area contributed by atoms with Crippen LogP contribution in [0.3, 0.4) is 0 Å². The van der Waals surface area contributed by atoms with Gasteiger partial charge in [0.15, 0.2) is 0 Å². The van der Waals surface area contributed by atoms with Gasteiger partial charge in [0.1, 0.15) is 0 Å². The van der Waals surface area contributed by atoms with Crippen molar-refractivity contribution in [2.45, 2.75) is 0 Å². The Balaban J connectivity index is 2.37. The first kappa shape index (κ1) is 7.03. The fourth-order valence-corrected chi connectivity index (χ4v) is 2.80. The number of benzene rings is 1. The molecule has 0 bridgehead atoms. The molecule has 0 spiro atoms. The molecule has 1 aromatic carbocycles. The van der Waals surface area contributed by atoms with Crippen molar-refractivity contribution in [2.24, 2.45) is 0 Å². The molecule has 0 fully saturated rings. The smallest absolute Gasteiger partial charge is 0.0699 e. The molecule has 1 aliphatic heterocycles. The zero-order valence-corrected chi connectivity index (χ0v) is 7.59. The van der Waals surface area contributed by atoms with E-state index < -0.39 is 0 Å². The maximum Gasteiger partial charge on any atom is 0.0699 e. The summed E-state index contributed by atoms with van der Waals surface area (Å²) < 4.78 is 0. The largest absolute Gasteiger partial charge is 0.230 e. The van der Waals surface area contributed by atoms with E-state index in [2.05, 4.69) is 29.4 Å². The Hall–Kier alpha value is -0.640. The first-order chi connectivity index (χ1) is 5.47. The van der Waals surface area contributed by atoms with Crippen molar-refractivity contribution in [2.75, 3.05) is 0 Å². The summed E-state index contributed by atoms with van der Waals surface area (Å²) in [5.41, 5.74) is 1.29. The van der Waals surface area contributed by atoms with Gasteiger partial charge in [-0.25, -0.2) is 5.09 Å². The Labute approximate surface area is 69.0 Å². The molecule has 1 heterocycles. The molecule has 1 aliphatic rings. The highest BCUT2D eigenvalue weighted by Gasteiger charge is 2.01. The van der Waals surface area contributed by atoms with Gasteiger partial charge in [-0.1, -0.05) is 30.3 Å². The Kier molecular flexibility index (Phi) is 2.03. The van der Waals surface area contributed by atoms with E-state index >= 15 is 0 Å². The van der Waals surface area contributed by atoms with E-state index in [0.29, 0.717) is 0 Å². The minimum Gasteiger partial charge on any atom is -0.230 e. The van der Waals surface area contributed by atoms with Crippen LogP contribution in [0.1, 0.15) is 5.56 Å². The first-order valence-corrected chi connectivity index (χ1v) is 5.78. The van der Waals surface area contributed by atoms with Crippen molar-refractivity contribution in [3.63, 3.8) is 0 Å². The van der Waals surface area contributed by atoms with Crippen molar-refractivity contribution in [3.05, 3.63) is 42.1 Å². The SMILES string of the molecule is C1=C(c2ccccc2)P=P[N]1. The van der Waals surface area contributed by atoms with Gasteiger partial charge >= 0.3 is 0 Å². The van der Waals surface area contributed by atoms with E-state index in [1.54, 1.807) is 0 Å².